The van der Waals surface area contributed by atoms with Crippen molar-refractivity contribution in [3.63, 3.8) is 0 Å². The Balaban J connectivity index is 2.14. The summed E-state index contributed by atoms with van der Waals surface area (Å²) < 4.78 is 7.55. The van der Waals surface area contributed by atoms with Crippen LogP contribution in [0.25, 0.3) is 0 Å². The molecule has 0 aliphatic carbocycles. The zero-order valence-corrected chi connectivity index (χ0v) is 9.70. The molecular weight excluding hydrogens is 190 g/mol. The molecule has 1 N–H and O–H groups in total. The van der Waals surface area contributed by atoms with Crippen LogP contribution in [0, 0.1) is 0 Å². The molecule has 86 valence electrons. The van der Waals surface area contributed by atoms with E-state index in [9.17, 15) is 0 Å². The largest absolute Gasteiger partial charge is 0.380 e. The van der Waals surface area contributed by atoms with Gasteiger partial charge in [-0.3, -0.25) is 0 Å². The summed E-state index contributed by atoms with van der Waals surface area (Å²) in [5.41, 5.74) is 1.08. The lowest BCUT2D eigenvalue weighted by atomic mass is 10.4. The quantitative estimate of drug-likeness (QED) is 0.661. The molecule has 1 aromatic rings. The number of ether oxygens (including phenoxy) is 1. The first-order valence-corrected chi connectivity index (χ1v) is 5.59. The highest BCUT2D eigenvalue weighted by molar-refractivity contribution is 4.95. The third-order valence-corrected chi connectivity index (χ3v) is 2.18. The van der Waals surface area contributed by atoms with E-state index in [-0.39, 0.29) is 0 Å². The van der Waals surface area contributed by atoms with E-state index in [0.717, 1.165) is 38.4 Å². The number of hydrogen-bond acceptors (Lipinski definition) is 3. The number of aromatic nitrogens is 2. The predicted octanol–water partition coefficient (Wildman–Crippen LogP) is 1.42. The van der Waals surface area contributed by atoms with Crippen LogP contribution in [0.5, 0.6) is 0 Å². The van der Waals surface area contributed by atoms with Gasteiger partial charge in [-0.05, 0) is 13.5 Å². The van der Waals surface area contributed by atoms with Gasteiger partial charge in [0, 0.05) is 25.9 Å². The standard InChI is InChI=1S/C11H21N3O/c1-3-4-6-15-7-5-14-9-11(8-12-2)13-10-14/h9-10,12H,3-8H2,1-2H3. The molecule has 0 saturated heterocycles. The summed E-state index contributed by atoms with van der Waals surface area (Å²) in [5.74, 6) is 0. The molecule has 0 unspecified atom stereocenters. The summed E-state index contributed by atoms with van der Waals surface area (Å²) in [6.07, 6.45) is 6.25. The van der Waals surface area contributed by atoms with Crippen molar-refractivity contribution in [2.24, 2.45) is 0 Å². The molecule has 0 aromatic carbocycles. The number of hydrogen-bond donors (Lipinski definition) is 1. The maximum atomic E-state index is 5.48. The minimum atomic E-state index is 0.773. The van der Waals surface area contributed by atoms with Gasteiger partial charge in [0.05, 0.1) is 18.6 Å². The number of rotatable bonds is 8. The predicted molar refractivity (Wildman–Crippen MR) is 60.7 cm³/mol. The van der Waals surface area contributed by atoms with E-state index < -0.39 is 0 Å². The maximum absolute atomic E-state index is 5.48. The fourth-order valence-electron chi connectivity index (χ4n) is 1.32. The van der Waals surface area contributed by atoms with Gasteiger partial charge >= 0.3 is 0 Å². The van der Waals surface area contributed by atoms with Crippen LogP contribution < -0.4 is 5.32 Å². The molecule has 0 aliphatic rings. The summed E-state index contributed by atoms with van der Waals surface area (Å²) >= 11 is 0. The lowest BCUT2D eigenvalue weighted by Crippen LogP contribution is -2.06. The minimum absolute atomic E-state index is 0.773. The summed E-state index contributed by atoms with van der Waals surface area (Å²) in [4.78, 5) is 4.27. The van der Waals surface area contributed by atoms with Crippen molar-refractivity contribution in [2.75, 3.05) is 20.3 Å². The van der Waals surface area contributed by atoms with Crippen molar-refractivity contribution in [1.82, 2.24) is 14.9 Å². The van der Waals surface area contributed by atoms with Gasteiger partial charge in [0.1, 0.15) is 0 Å². The molecule has 1 rings (SSSR count). The Labute approximate surface area is 91.7 Å². The van der Waals surface area contributed by atoms with E-state index in [1.165, 1.54) is 6.42 Å². The minimum Gasteiger partial charge on any atom is -0.380 e. The summed E-state index contributed by atoms with van der Waals surface area (Å²) in [7, 11) is 1.92. The van der Waals surface area contributed by atoms with Gasteiger partial charge in [-0.15, -0.1) is 0 Å². The zero-order valence-electron chi connectivity index (χ0n) is 9.70. The monoisotopic (exact) mass is 211 g/mol. The number of nitrogens with one attached hydrogen (secondary N) is 1. The van der Waals surface area contributed by atoms with Crippen molar-refractivity contribution in [2.45, 2.75) is 32.9 Å². The van der Waals surface area contributed by atoms with Gasteiger partial charge in [0.25, 0.3) is 0 Å². The van der Waals surface area contributed by atoms with E-state index in [2.05, 4.69) is 28.0 Å². The van der Waals surface area contributed by atoms with Crippen molar-refractivity contribution in [1.29, 1.82) is 0 Å². The second-order valence-electron chi connectivity index (χ2n) is 3.60. The topological polar surface area (TPSA) is 39.1 Å². The van der Waals surface area contributed by atoms with Crippen molar-refractivity contribution in [3.8, 4) is 0 Å². The highest BCUT2D eigenvalue weighted by Gasteiger charge is 1.96. The number of unbranched alkanes of at least 4 members (excludes halogenated alkanes) is 1. The molecule has 0 aliphatic heterocycles. The van der Waals surface area contributed by atoms with Gasteiger partial charge in [-0.1, -0.05) is 13.3 Å². The first-order valence-electron chi connectivity index (χ1n) is 5.59. The van der Waals surface area contributed by atoms with Crippen molar-refractivity contribution in [3.05, 3.63) is 18.2 Å². The lowest BCUT2D eigenvalue weighted by Gasteiger charge is -2.03. The van der Waals surface area contributed by atoms with Crippen molar-refractivity contribution < 1.29 is 4.74 Å². The van der Waals surface area contributed by atoms with Crippen LogP contribution in [0.3, 0.4) is 0 Å². The number of nitrogens with zero attached hydrogens (tertiary/aromatic N) is 2. The molecule has 1 aromatic heterocycles. The normalized spacial score (nSPS) is 10.8. The molecule has 0 saturated carbocycles. The molecular formula is C11H21N3O. The van der Waals surface area contributed by atoms with Crippen LogP contribution in [-0.2, 0) is 17.8 Å². The Morgan fingerprint density at radius 2 is 2.33 bits per heavy atom. The molecule has 0 fully saturated rings. The SMILES string of the molecule is CCCCOCCn1cnc(CNC)c1. The molecule has 4 nitrogen and oxygen atoms in total. The van der Waals surface area contributed by atoms with Crippen LogP contribution >= 0.6 is 0 Å². The molecule has 4 heteroatoms. The second kappa shape index (κ2) is 7.43. The third kappa shape index (κ3) is 4.95. The molecule has 0 spiro atoms. The third-order valence-electron chi connectivity index (χ3n) is 2.18. The first-order chi connectivity index (χ1) is 7.36. The van der Waals surface area contributed by atoms with Crippen LogP contribution in [0.2, 0.25) is 0 Å². The Morgan fingerprint density at radius 1 is 1.47 bits per heavy atom. The summed E-state index contributed by atoms with van der Waals surface area (Å²) in [5, 5.41) is 3.07. The second-order valence-corrected chi connectivity index (χ2v) is 3.60. The van der Waals surface area contributed by atoms with Crippen LogP contribution in [0.15, 0.2) is 12.5 Å². The van der Waals surface area contributed by atoms with E-state index in [1.807, 2.05) is 13.4 Å². The fourth-order valence-corrected chi connectivity index (χ4v) is 1.32. The molecule has 0 radical (unpaired) electrons. The highest BCUT2D eigenvalue weighted by Crippen LogP contribution is 1.96. The maximum Gasteiger partial charge on any atom is 0.0950 e. The van der Waals surface area contributed by atoms with Gasteiger partial charge in [0.15, 0.2) is 0 Å². The van der Waals surface area contributed by atoms with Crippen LogP contribution in [-0.4, -0.2) is 29.8 Å². The summed E-state index contributed by atoms with van der Waals surface area (Å²) in [6, 6.07) is 0. The molecule has 15 heavy (non-hydrogen) atoms. The van der Waals surface area contributed by atoms with Gasteiger partial charge < -0.3 is 14.6 Å². The fraction of sp³-hybridized carbons (Fsp3) is 0.727. The van der Waals surface area contributed by atoms with Gasteiger partial charge in [-0.2, -0.15) is 0 Å². The van der Waals surface area contributed by atoms with Gasteiger partial charge in [0.2, 0.25) is 0 Å². The first kappa shape index (κ1) is 12.2. The highest BCUT2D eigenvalue weighted by atomic mass is 16.5. The van der Waals surface area contributed by atoms with E-state index in [1.54, 1.807) is 0 Å². The molecule has 0 atom stereocenters. The molecule has 0 bridgehead atoms. The summed E-state index contributed by atoms with van der Waals surface area (Å²) in [6.45, 7) is 5.53. The van der Waals surface area contributed by atoms with Crippen molar-refractivity contribution >= 4 is 0 Å². The molecule has 1 heterocycles. The smallest absolute Gasteiger partial charge is 0.0950 e. The zero-order chi connectivity index (χ0) is 10.9. The van der Waals surface area contributed by atoms with Crippen LogP contribution in [0.4, 0.5) is 0 Å². The average molecular weight is 211 g/mol. The molecule has 0 amide bonds. The Bertz CT molecular complexity index is 260. The van der Waals surface area contributed by atoms with E-state index in [4.69, 9.17) is 4.74 Å². The van der Waals surface area contributed by atoms with Gasteiger partial charge in [-0.25, -0.2) is 4.98 Å². The Morgan fingerprint density at radius 3 is 3.07 bits per heavy atom. The Kier molecular flexibility index (Phi) is 6.04. The number of imidazole rings is 1. The average Bonchev–Trinajstić information content (AvgIpc) is 2.66. The van der Waals surface area contributed by atoms with Crippen LogP contribution in [0.1, 0.15) is 25.5 Å². The van der Waals surface area contributed by atoms with E-state index in [0.29, 0.717) is 0 Å². The van der Waals surface area contributed by atoms with E-state index >= 15 is 0 Å². The lowest BCUT2D eigenvalue weighted by molar-refractivity contribution is 0.123. The Hall–Kier alpha value is -0.870.